The van der Waals surface area contributed by atoms with Crippen molar-refractivity contribution < 1.29 is 4.79 Å². The third-order valence-electron chi connectivity index (χ3n) is 4.92. The van der Waals surface area contributed by atoms with Gasteiger partial charge in [-0.15, -0.1) is 0 Å². The van der Waals surface area contributed by atoms with Gasteiger partial charge in [-0.2, -0.15) is 5.10 Å². The van der Waals surface area contributed by atoms with E-state index in [1.54, 1.807) is 0 Å². The van der Waals surface area contributed by atoms with E-state index in [1.807, 2.05) is 59.4 Å². The van der Waals surface area contributed by atoms with Gasteiger partial charge in [-0.25, -0.2) is 0 Å². The first-order valence-electron chi connectivity index (χ1n) is 9.48. The Kier molecular flexibility index (Phi) is 5.30. The number of piperidine rings is 1. The standard InChI is InChI=1S/C22H24N4O/c27-22(24-19-11-13-23-14-12-19)20-16-26(15-17-7-3-1-4-8-17)25-21(20)18-9-5-2-6-10-18/h1-10,16,19,23H,11-15H2,(H,24,27). The number of amides is 1. The van der Waals surface area contributed by atoms with Crippen LogP contribution in [0.5, 0.6) is 0 Å². The summed E-state index contributed by atoms with van der Waals surface area (Å²) >= 11 is 0. The fraction of sp³-hybridized carbons (Fsp3) is 0.273. The monoisotopic (exact) mass is 360 g/mol. The quantitative estimate of drug-likeness (QED) is 0.735. The molecule has 27 heavy (non-hydrogen) atoms. The smallest absolute Gasteiger partial charge is 0.255 e. The zero-order chi connectivity index (χ0) is 18.5. The minimum atomic E-state index is -0.0416. The molecule has 1 fully saturated rings. The summed E-state index contributed by atoms with van der Waals surface area (Å²) in [5.41, 5.74) is 3.48. The van der Waals surface area contributed by atoms with Gasteiger partial charge in [0.05, 0.1) is 12.1 Å². The lowest BCUT2D eigenvalue weighted by Crippen LogP contribution is -2.42. The fourth-order valence-corrected chi connectivity index (χ4v) is 3.48. The molecule has 1 amide bonds. The van der Waals surface area contributed by atoms with Crippen molar-refractivity contribution in [2.24, 2.45) is 0 Å². The molecule has 0 unspecified atom stereocenters. The van der Waals surface area contributed by atoms with Crippen LogP contribution in [0.2, 0.25) is 0 Å². The molecule has 0 saturated carbocycles. The number of benzene rings is 2. The molecule has 2 aromatic carbocycles. The van der Waals surface area contributed by atoms with Gasteiger partial charge >= 0.3 is 0 Å². The van der Waals surface area contributed by atoms with Crippen molar-refractivity contribution in [2.45, 2.75) is 25.4 Å². The molecule has 0 radical (unpaired) electrons. The van der Waals surface area contributed by atoms with Crippen molar-refractivity contribution in [1.29, 1.82) is 0 Å². The molecule has 0 spiro atoms. The van der Waals surface area contributed by atoms with E-state index in [-0.39, 0.29) is 11.9 Å². The van der Waals surface area contributed by atoms with Gasteiger partial charge in [0.15, 0.2) is 0 Å². The summed E-state index contributed by atoms with van der Waals surface area (Å²) in [6.45, 7) is 2.54. The normalized spacial score (nSPS) is 14.8. The maximum atomic E-state index is 13.0. The molecule has 2 heterocycles. The van der Waals surface area contributed by atoms with E-state index in [1.165, 1.54) is 0 Å². The molecule has 2 N–H and O–H groups in total. The van der Waals surface area contributed by atoms with Gasteiger partial charge in [0, 0.05) is 17.8 Å². The maximum absolute atomic E-state index is 13.0. The maximum Gasteiger partial charge on any atom is 0.255 e. The Hall–Kier alpha value is -2.92. The summed E-state index contributed by atoms with van der Waals surface area (Å²) in [4.78, 5) is 13.0. The topological polar surface area (TPSA) is 59.0 Å². The lowest BCUT2D eigenvalue weighted by Gasteiger charge is -2.23. The minimum absolute atomic E-state index is 0.0416. The van der Waals surface area contributed by atoms with Gasteiger partial charge in [-0.3, -0.25) is 9.48 Å². The van der Waals surface area contributed by atoms with E-state index in [0.29, 0.717) is 12.1 Å². The molecule has 0 bridgehead atoms. The average molecular weight is 360 g/mol. The number of carbonyl (C=O) groups is 1. The summed E-state index contributed by atoms with van der Waals surface area (Å²) in [6, 6.07) is 20.3. The lowest BCUT2D eigenvalue weighted by molar-refractivity contribution is 0.0930. The van der Waals surface area contributed by atoms with E-state index < -0.39 is 0 Å². The first-order valence-corrected chi connectivity index (χ1v) is 9.48. The highest BCUT2D eigenvalue weighted by Crippen LogP contribution is 2.23. The van der Waals surface area contributed by atoms with Gasteiger partial charge in [-0.05, 0) is 31.5 Å². The third-order valence-corrected chi connectivity index (χ3v) is 4.92. The van der Waals surface area contributed by atoms with Crippen LogP contribution >= 0.6 is 0 Å². The Balaban J connectivity index is 1.62. The summed E-state index contributed by atoms with van der Waals surface area (Å²) < 4.78 is 1.86. The zero-order valence-corrected chi connectivity index (χ0v) is 15.3. The van der Waals surface area contributed by atoms with Crippen LogP contribution in [0.4, 0.5) is 0 Å². The second kappa shape index (κ2) is 8.18. The fourth-order valence-electron chi connectivity index (χ4n) is 3.48. The van der Waals surface area contributed by atoms with Crippen molar-refractivity contribution >= 4 is 5.91 Å². The molecule has 3 aromatic rings. The summed E-state index contributed by atoms with van der Waals surface area (Å²) in [5, 5.41) is 11.3. The molecule has 5 heteroatoms. The molecule has 1 aromatic heterocycles. The van der Waals surface area contributed by atoms with Crippen LogP contribution in [0.15, 0.2) is 66.9 Å². The molecule has 1 aliphatic rings. The molecule has 0 aliphatic carbocycles. The Morgan fingerprint density at radius 2 is 1.70 bits per heavy atom. The SMILES string of the molecule is O=C(NC1CCNCC1)c1cn(Cc2ccccc2)nc1-c1ccccc1. The largest absolute Gasteiger partial charge is 0.349 e. The van der Waals surface area contributed by atoms with Gasteiger partial charge in [0.2, 0.25) is 0 Å². The van der Waals surface area contributed by atoms with E-state index in [4.69, 9.17) is 5.10 Å². The number of nitrogens with zero attached hydrogens (tertiary/aromatic N) is 2. The molecule has 0 atom stereocenters. The Labute approximate surface area is 159 Å². The zero-order valence-electron chi connectivity index (χ0n) is 15.3. The van der Waals surface area contributed by atoms with Crippen LogP contribution in [0.3, 0.4) is 0 Å². The first-order chi connectivity index (χ1) is 13.3. The lowest BCUT2D eigenvalue weighted by atomic mass is 10.0. The van der Waals surface area contributed by atoms with Crippen LogP contribution in [0.25, 0.3) is 11.3 Å². The van der Waals surface area contributed by atoms with Gasteiger partial charge < -0.3 is 10.6 Å². The third kappa shape index (κ3) is 4.26. The van der Waals surface area contributed by atoms with Crippen molar-refractivity contribution in [1.82, 2.24) is 20.4 Å². The number of hydrogen-bond acceptors (Lipinski definition) is 3. The van der Waals surface area contributed by atoms with Gasteiger partial charge in [0.25, 0.3) is 5.91 Å². The number of rotatable bonds is 5. The molecule has 138 valence electrons. The highest BCUT2D eigenvalue weighted by atomic mass is 16.1. The number of hydrogen-bond donors (Lipinski definition) is 2. The number of carbonyl (C=O) groups excluding carboxylic acids is 1. The Bertz CT molecular complexity index is 883. The first kappa shape index (κ1) is 17.5. The van der Waals surface area contributed by atoms with Gasteiger partial charge in [0.1, 0.15) is 5.69 Å². The predicted octanol–water partition coefficient (Wildman–Crippen LogP) is 3.08. The minimum Gasteiger partial charge on any atom is -0.349 e. The summed E-state index contributed by atoms with van der Waals surface area (Å²) in [7, 11) is 0. The van der Waals surface area contributed by atoms with Crippen molar-refractivity contribution in [3.8, 4) is 11.3 Å². The van der Waals surface area contributed by atoms with Gasteiger partial charge in [-0.1, -0.05) is 60.7 Å². The van der Waals surface area contributed by atoms with Crippen LogP contribution in [-0.4, -0.2) is 34.8 Å². The summed E-state index contributed by atoms with van der Waals surface area (Å²) in [6.07, 6.45) is 3.79. The van der Waals surface area contributed by atoms with E-state index in [0.717, 1.165) is 42.8 Å². The van der Waals surface area contributed by atoms with Crippen molar-refractivity contribution in [3.05, 3.63) is 78.0 Å². The van der Waals surface area contributed by atoms with Crippen molar-refractivity contribution in [3.63, 3.8) is 0 Å². The molecule has 1 saturated heterocycles. The van der Waals surface area contributed by atoms with Crippen LogP contribution in [0, 0.1) is 0 Å². The highest BCUT2D eigenvalue weighted by Gasteiger charge is 2.21. The summed E-state index contributed by atoms with van der Waals surface area (Å²) in [5.74, 6) is -0.0416. The molecule has 1 aliphatic heterocycles. The molecular weight excluding hydrogens is 336 g/mol. The molecular formula is C22H24N4O. The van der Waals surface area contributed by atoms with E-state index >= 15 is 0 Å². The Morgan fingerprint density at radius 3 is 2.41 bits per heavy atom. The molecule has 4 rings (SSSR count). The second-order valence-corrected chi connectivity index (χ2v) is 6.94. The second-order valence-electron chi connectivity index (χ2n) is 6.94. The predicted molar refractivity (Wildman–Crippen MR) is 107 cm³/mol. The van der Waals surface area contributed by atoms with Crippen LogP contribution in [-0.2, 0) is 6.54 Å². The Morgan fingerprint density at radius 1 is 1.04 bits per heavy atom. The average Bonchev–Trinajstić information content (AvgIpc) is 3.14. The number of nitrogens with one attached hydrogen (secondary N) is 2. The van der Waals surface area contributed by atoms with Crippen molar-refractivity contribution in [2.75, 3.05) is 13.1 Å². The molecule has 5 nitrogen and oxygen atoms in total. The van der Waals surface area contributed by atoms with Crippen LogP contribution in [0.1, 0.15) is 28.8 Å². The van der Waals surface area contributed by atoms with Crippen LogP contribution < -0.4 is 10.6 Å². The number of aromatic nitrogens is 2. The highest BCUT2D eigenvalue weighted by molar-refractivity contribution is 6.00. The van der Waals surface area contributed by atoms with E-state index in [2.05, 4.69) is 22.8 Å². The van der Waals surface area contributed by atoms with E-state index in [9.17, 15) is 4.79 Å².